The molecule has 2 rings (SSSR count). The van der Waals surface area contributed by atoms with Crippen molar-refractivity contribution in [2.45, 2.75) is 31.7 Å². The van der Waals surface area contributed by atoms with Crippen LogP contribution >= 0.6 is 0 Å². The van der Waals surface area contributed by atoms with Crippen molar-refractivity contribution in [3.8, 4) is 0 Å². The van der Waals surface area contributed by atoms with Crippen molar-refractivity contribution in [3.63, 3.8) is 0 Å². The van der Waals surface area contributed by atoms with Crippen LogP contribution in [0.15, 0.2) is 0 Å². The summed E-state index contributed by atoms with van der Waals surface area (Å²) >= 11 is 0. The van der Waals surface area contributed by atoms with Crippen molar-refractivity contribution < 1.29 is 5.11 Å². The first kappa shape index (κ1) is 10.4. The van der Waals surface area contributed by atoms with Crippen LogP contribution in [0.4, 0.5) is 0 Å². The molecule has 2 unspecified atom stereocenters. The minimum absolute atomic E-state index is 0.364. The Hall–Kier alpha value is -0.120. The highest BCUT2D eigenvalue weighted by atomic mass is 16.3. The summed E-state index contributed by atoms with van der Waals surface area (Å²) in [4.78, 5) is 2.59. The molecule has 0 aromatic rings. The molecule has 0 bridgehead atoms. The maximum Gasteiger partial charge on any atom is 0.0474 e. The van der Waals surface area contributed by atoms with Crippen LogP contribution in [-0.4, -0.2) is 48.8 Å². The lowest BCUT2D eigenvalue weighted by atomic mass is 9.94. The van der Waals surface area contributed by atoms with E-state index in [-0.39, 0.29) is 0 Å². The number of hydrogen-bond acceptors (Lipinski definition) is 3. The Morgan fingerprint density at radius 3 is 2.57 bits per heavy atom. The smallest absolute Gasteiger partial charge is 0.0474 e. The molecule has 2 aliphatic heterocycles. The van der Waals surface area contributed by atoms with E-state index in [4.69, 9.17) is 0 Å². The van der Waals surface area contributed by atoms with E-state index >= 15 is 0 Å². The first-order chi connectivity index (χ1) is 6.92. The molecule has 14 heavy (non-hydrogen) atoms. The lowest BCUT2D eigenvalue weighted by Crippen LogP contribution is -2.40. The maximum absolute atomic E-state index is 9.39. The van der Waals surface area contributed by atoms with Gasteiger partial charge in [0.25, 0.3) is 0 Å². The number of rotatable bonds is 2. The number of likely N-dealkylation sites (tertiary alicyclic amines) is 1. The molecule has 0 aromatic heterocycles. The molecule has 2 N–H and O–H groups in total. The van der Waals surface area contributed by atoms with Gasteiger partial charge in [0.05, 0.1) is 0 Å². The van der Waals surface area contributed by atoms with Crippen molar-refractivity contribution in [3.05, 3.63) is 0 Å². The van der Waals surface area contributed by atoms with Crippen LogP contribution in [0.2, 0.25) is 0 Å². The second-order valence-corrected chi connectivity index (χ2v) is 4.58. The molecule has 3 heteroatoms. The average molecular weight is 198 g/mol. The molecule has 2 saturated heterocycles. The molecule has 3 nitrogen and oxygen atoms in total. The molecular weight excluding hydrogens is 176 g/mol. The van der Waals surface area contributed by atoms with Gasteiger partial charge in [-0.3, -0.25) is 4.90 Å². The Balaban J connectivity index is 1.96. The summed E-state index contributed by atoms with van der Waals surface area (Å²) < 4.78 is 0. The summed E-state index contributed by atoms with van der Waals surface area (Å²) in [6.45, 7) is 5.07. The van der Waals surface area contributed by atoms with E-state index in [2.05, 4.69) is 10.2 Å². The lowest BCUT2D eigenvalue weighted by molar-refractivity contribution is 0.112. The standard InChI is InChI=1S/C11H22N2O/c14-9-10-3-5-12-6-4-11(10)13-7-1-2-8-13/h10-12,14H,1-9H2. The quantitative estimate of drug-likeness (QED) is 0.676. The van der Waals surface area contributed by atoms with Crippen molar-refractivity contribution in [2.24, 2.45) is 5.92 Å². The molecule has 0 saturated carbocycles. The Labute approximate surface area is 86.5 Å². The average Bonchev–Trinajstić information content (AvgIpc) is 2.63. The minimum atomic E-state index is 0.364. The van der Waals surface area contributed by atoms with Crippen molar-refractivity contribution in [1.82, 2.24) is 10.2 Å². The van der Waals surface area contributed by atoms with Crippen LogP contribution in [0.25, 0.3) is 0 Å². The highest BCUT2D eigenvalue weighted by molar-refractivity contribution is 4.85. The van der Waals surface area contributed by atoms with E-state index in [0.717, 1.165) is 19.5 Å². The SMILES string of the molecule is OCC1CCNCCC1N1CCCC1. The van der Waals surface area contributed by atoms with Crippen molar-refractivity contribution in [1.29, 1.82) is 0 Å². The zero-order chi connectivity index (χ0) is 9.80. The zero-order valence-electron chi connectivity index (χ0n) is 8.91. The summed E-state index contributed by atoms with van der Waals surface area (Å²) in [5.41, 5.74) is 0. The first-order valence-electron chi connectivity index (χ1n) is 5.97. The maximum atomic E-state index is 9.39. The Kier molecular flexibility index (Phi) is 3.79. The third kappa shape index (κ3) is 2.27. The van der Waals surface area contributed by atoms with E-state index in [1.165, 1.54) is 32.4 Å². The molecule has 0 aromatic carbocycles. The summed E-state index contributed by atoms with van der Waals surface area (Å²) in [6, 6.07) is 0.637. The van der Waals surface area contributed by atoms with Gasteiger partial charge in [-0.25, -0.2) is 0 Å². The van der Waals surface area contributed by atoms with Crippen LogP contribution in [0, 0.1) is 5.92 Å². The van der Waals surface area contributed by atoms with Crippen molar-refractivity contribution >= 4 is 0 Å². The molecule has 2 fully saturated rings. The second kappa shape index (κ2) is 5.10. The molecule has 0 radical (unpaired) electrons. The second-order valence-electron chi connectivity index (χ2n) is 4.58. The highest BCUT2D eigenvalue weighted by Gasteiger charge is 2.29. The van der Waals surface area contributed by atoms with Crippen LogP contribution in [0.1, 0.15) is 25.7 Å². The van der Waals surface area contributed by atoms with Crippen molar-refractivity contribution in [2.75, 3.05) is 32.8 Å². The van der Waals surface area contributed by atoms with Crippen LogP contribution in [0.5, 0.6) is 0 Å². The van der Waals surface area contributed by atoms with Gasteiger partial charge in [-0.05, 0) is 57.8 Å². The number of hydrogen-bond donors (Lipinski definition) is 2. The van der Waals surface area contributed by atoms with E-state index in [9.17, 15) is 5.11 Å². The molecule has 2 aliphatic rings. The van der Waals surface area contributed by atoms with Gasteiger partial charge >= 0.3 is 0 Å². The monoisotopic (exact) mass is 198 g/mol. The van der Waals surface area contributed by atoms with Gasteiger partial charge < -0.3 is 10.4 Å². The Bertz CT molecular complexity index is 169. The third-order valence-corrected chi connectivity index (χ3v) is 3.70. The largest absolute Gasteiger partial charge is 0.396 e. The fraction of sp³-hybridized carbons (Fsp3) is 1.00. The fourth-order valence-electron chi connectivity index (χ4n) is 2.86. The molecular formula is C11H22N2O. The van der Waals surface area contributed by atoms with E-state index in [0.29, 0.717) is 18.6 Å². The first-order valence-corrected chi connectivity index (χ1v) is 5.97. The van der Waals surface area contributed by atoms with Gasteiger partial charge in [-0.2, -0.15) is 0 Å². The number of aliphatic hydroxyl groups is 1. The number of nitrogens with one attached hydrogen (secondary N) is 1. The summed E-state index contributed by atoms with van der Waals surface area (Å²) in [6.07, 6.45) is 5.05. The van der Waals surface area contributed by atoms with E-state index in [1.807, 2.05) is 0 Å². The minimum Gasteiger partial charge on any atom is -0.396 e. The van der Waals surface area contributed by atoms with Crippen LogP contribution in [0.3, 0.4) is 0 Å². The van der Waals surface area contributed by atoms with Gasteiger partial charge in [0, 0.05) is 12.6 Å². The molecule has 2 heterocycles. The van der Waals surface area contributed by atoms with Crippen LogP contribution in [-0.2, 0) is 0 Å². The lowest BCUT2D eigenvalue weighted by Gasteiger charge is -2.31. The van der Waals surface area contributed by atoms with Gasteiger partial charge in [0.15, 0.2) is 0 Å². The van der Waals surface area contributed by atoms with Crippen LogP contribution < -0.4 is 5.32 Å². The Morgan fingerprint density at radius 1 is 1.14 bits per heavy atom. The summed E-state index contributed by atoms with van der Waals surface area (Å²) in [7, 11) is 0. The van der Waals surface area contributed by atoms with E-state index in [1.54, 1.807) is 0 Å². The third-order valence-electron chi connectivity index (χ3n) is 3.70. The van der Waals surface area contributed by atoms with Gasteiger partial charge in [0.1, 0.15) is 0 Å². The topological polar surface area (TPSA) is 35.5 Å². The molecule has 0 aliphatic carbocycles. The fourth-order valence-corrected chi connectivity index (χ4v) is 2.86. The number of aliphatic hydroxyl groups excluding tert-OH is 1. The predicted octanol–water partition coefficient (Wildman–Crippen LogP) is 0.443. The van der Waals surface area contributed by atoms with Gasteiger partial charge in [0.2, 0.25) is 0 Å². The highest BCUT2D eigenvalue weighted by Crippen LogP contribution is 2.23. The Morgan fingerprint density at radius 2 is 1.86 bits per heavy atom. The summed E-state index contributed by atoms with van der Waals surface area (Å²) in [5, 5.41) is 12.8. The van der Waals surface area contributed by atoms with Gasteiger partial charge in [-0.1, -0.05) is 0 Å². The molecule has 0 amide bonds. The molecule has 0 spiro atoms. The zero-order valence-corrected chi connectivity index (χ0v) is 8.91. The normalized spacial score (nSPS) is 35.8. The number of nitrogens with zero attached hydrogens (tertiary/aromatic N) is 1. The predicted molar refractivity (Wildman–Crippen MR) is 57.3 cm³/mol. The van der Waals surface area contributed by atoms with E-state index < -0.39 is 0 Å². The van der Waals surface area contributed by atoms with Gasteiger partial charge in [-0.15, -0.1) is 0 Å². The molecule has 2 atom stereocenters. The summed E-state index contributed by atoms with van der Waals surface area (Å²) in [5.74, 6) is 0.503. The molecule has 82 valence electrons.